The summed E-state index contributed by atoms with van der Waals surface area (Å²) in [5.41, 5.74) is 2.40. The molecule has 0 saturated carbocycles. The van der Waals surface area contributed by atoms with Gasteiger partial charge in [0.25, 0.3) is 0 Å². The number of hydrogen-bond donors (Lipinski definition) is 2. The molecule has 5 heterocycles. The van der Waals surface area contributed by atoms with Crippen LogP contribution in [0.1, 0.15) is 18.7 Å². The van der Waals surface area contributed by atoms with Crippen LogP contribution in [0.5, 0.6) is 0 Å². The molecule has 1 atom stereocenters. The van der Waals surface area contributed by atoms with Gasteiger partial charge in [0.05, 0.1) is 23.4 Å². The molecule has 1 aromatic carbocycles. The van der Waals surface area contributed by atoms with Crippen LogP contribution in [0.15, 0.2) is 30.5 Å². The van der Waals surface area contributed by atoms with Crippen molar-refractivity contribution < 1.29 is 9.13 Å². The van der Waals surface area contributed by atoms with Gasteiger partial charge < -0.3 is 19.9 Å². The lowest BCUT2D eigenvalue weighted by Gasteiger charge is -2.35. The normalized spacial score (nSPS) is 19.9. The van der Waals surface area contributed by atoms with Gasteiger partial charge >= 0.3 is 0 Å². The smallest absolute Gasteiger partial charge is 0.163 e. The van der Waals surface area contributed by atoms with E-state index in [1.165, 1.54) is 10.9 Å². The minimum atomic E-state index is -0.295. The van der Waals surface area contributed by atoms with Crippen molar-refractivity contribution in [2.45, 2.75) is 26.4 Å². The lowest BCUT2D eigenvalue weighted by Crippen LogP contribution is -2.52. The third-order valence-corrected chi connectivity index (χ3v) is 8.17. The van der Waals surface area contributed by atoms with Crippen LogP contribution in [0.3, 0.4) is 0 Å². The summed E-state index contributed by atoms with van der Waals surface area (Å²) in [5.74, 6) is 1.81. The average Bonchev–Trinajstić information content (AvgIpc) is 3.50. The molecule has 184 valence electrons. The number of halogens is 1. The number of morpholine rings is 1. The van der Waals surface area contributed by atoms with E-state index in [1.54, 1.807) is 17.4 Å². The van der Waals surface area contributed by atoms with Gasteiger partial charge in [0.15, 0.2) is 11.6 Å². The van der Waals surface area contributed by atoms with Crippen LogP contribution in [-0.4, -0.2) is 71.8 Å². The molecule has 9 heteroatoms. The second-order valence-corrected chi connectivity index (χ2v) is 11.0. The number of thiophene rings is 1. The number of piperazine rings is 1. The fourth-order valence-corrected chi connectivity index (χ4v) is 6.28. The summed E-state index contributed by atoms with van der Waals surface area (Å²) in [6.45, 7) is 11.5. The van der Waals surface area contributed by atoms with Crippen LogP contribution in [0, 0.1) is 11.7 Å². The summed E-state index contributed by atoms with van der Waals surface area (Å²) in [5, 5.41) is 4.57. The van der Waals surface area contributed by atoms with Crippen molar-refractivity contribution in [1.29, 1.82) is 0 Å². The molecule has 0 radical (unpaired) electrons. The number of aromatic amines is 1. The van der Waals surface area contributed by atoms with Crippen LogP contribution >= 0.6 is 11.3 Å². The Kier molecular flexibility index (Phi) is 6.18. The lowest BCUT2D eigenvalue weighted by atomic mass is 10.0. The molecule has 4 aromatic rings. The van der Waals surface area contributed by atoms with Gasteiger partial charge in [-0.1, -0.05) is 13.8 Å². The molecule has 35 heavy (non-hydrogen) atoms. The minimum absolute atomic E-state index is 0.295. The third-order valence-electron chi connectivity index (χ3n) is 7.06. The van der Waals surface area contributed by atoms with E-state index >= 15 is 0 Å². The minimum Gasteiger partial charge on any atom is -0.378 e. The first-order valence-corrected chi connectivity index (χ1v) is 13.2. The van der Waals surface area contributed by atoms with E-state index in [2.05, 4.69) is 40.0 Å². The Bertz CT molecular complexity index is 1340. The third kappa shape index (κ3) is 4.53. The van der Waals surface area contributed by atoms with Crippen molar-refractivity contribution in [2.24, 2.45) is 5.92 Å². The van der Waals surface area contributed by atoms with E-state index in [0.717, 1.165) is 66.2 Å². The highest BCUT2D eigenvalue weighted by molar-refractivity contribution is 7.19. The molecule has 0 bridgehead atoms. The largest absolute Gasteiger partial charge is 0.378 e. The van der Waals surface area contributed by atoms with Gasteiger partial charge in [0, 0.05) is 72.9 Å². The Labute approximate surface area is 208 Å². The van der Waals surface area contributed by atoms with Crippen molar-refractivity contribution in [3.05, 3.63) is 41.2 Å². The van der Waals surface area contributed by atoms with E-state index in [9.17, 15) is 4.39 Å². The molecule has 0 amide bonds. The molecule has 2 aliphatic heterocycles. The van der Waals surface area contributed by atoms with Gasteiger partial charge in [-0.05, 0) is 30.2 Å². The van der Waals surface area contributed by atoms with Crippen LogP contribution in [0.2, 0.25) is 0 Å². The number of anilines is 1. The molecule has 2 fully saturated rings. The first-order valence-electron chi connectivity index (χ1n) is 12.4. The monoisotopic (exact) mass is 494 g/mol. The highest BCUT2D eigenvalue weighted by Crippen LogP contribution is 2.36. The summed E-state index contributed by atoms with van der Waals surface area (Å²) in [6.07, 6.45) is 1.83. The second kappa shape index (κ2) is 9.46. The fraction of sp³-hybridized carbons (Fsp3) is 0.462. The Balaban J connectivity index is 1.41. The number of ether oxygens (including phenoxy) is 1. The Morgan fingerprint density at radius 2 is 2.03 bits per heavy atom. The number of rotatable bonds is 5. The number of nitrogens with zero attached hydrogens (tertiary/aromatic N) is 4. The Hall–Kier alpha value is -2.59. The van der Waals surface area contributed by atoms with Crippen molar-refractivity contribution >= 4 is 38.3 Å². The Morgan fingerprint density at radius 3 is 2.86 bits per heavy atom. The average molecular weight is 495 g/mol. The summed E-state index contributed by atoms with van der Waals surface area (Å²) in [4.78, 5) is 19.2. The van der Waals surface area contributed by atoms with Crippen molar-refractivity contribution in [3.8, 4) is 11.4 Å². The van der Waals surface area contributed by atoms with Crippen LogP contribution in [0.25, 0.3) is 32.5 Å². The van der Waals surface area contributed by atoms with Crippen molar-refractivity contribution in [3.63, 3.8) is 0 Å². The van der Waals surface area contributed by atoms with E-state index in [0.29, 0.717) is 36.6 Å². The standard InChI is InChI=1S/C26H31FN6OS/c1-16(2)23-15-32(6-5-29-23)14-18-13-22-24(35-18)26(33-7-9-34-10-8-33)31-25(30-22)20-11-17(27)12-21-19(20)3-4-28-21/h3-4,11-13,16,23,28-29H,5-10,14-15H2,1-2H3/t23-/m1/s1. The summed E-state index contributed by atoms with van der Waals surface area (Å²) < 4.78 is 21.2. The zero-order valence-corrected chi connectivity index (χ0v) is 21.0. The van der Waals surface area contributed by atoms with Gasteiger partial charge in [0.2, 0.25) is 0 Å². The molecule has 2 saturated heterocycles. The number of aromatic nitrogens is 3. The number of hydrogen-bond acceptors (Lipinski definition) is 7. The van der Waals surface area contributed by atoms with Crippen LogP contribution < -0.4 is 10.2 Å². The molecule has 6 rings (SSSR count). The van der Waals surface area contributed by atoms with Gasteiger partial charge in [-0.3, -0.25) is 4.90 Å². The van der Waals surface area contributed by atoms with Crippen LogP contribution in [0.4, 0.5) is 10.2 Å². The number of H-pyrrole nitrogens is 1. The predicted molar refractivity (Wildman–Crippen MR) is 140 cm³/mol. The van der Waals surface area contributed by atoms with E-state index in [4.69, 9.17) is 14.7 Å². The van der Waals surface area contributed by atoms with E-state index in [1.807, 2.05) is 12.3 Å². The molecule has 7 nitrogen and oxygen atoms in total. The van der Waals surface area contributed by atoms with Gasteiger partial charge in [-0.15, -0.1) is 11.3 Å². The van der Waals surface area contributed by atoms with E-state index < -0.39 is 0 Å². The quantitative estimate of drug-likeness (QED) is 0.433. The fourth-order valence-electron chi connectivity index (χ4n) is 5.12. The molecule has 2 aliphatic rings. The van der Waals surface area contributed by atoms with Gasteiger partial charge in [0.1, 0.15) is 5.82 Å². The molecular weight excluding hydrogens is 463 g/mol. The molecular formula is C26H31FN6OS. The number of fused-ring (bicyclic) bond motifs is 2. The maximum atomic E-state index is 14.5. The number of nitrogens with one attached hydrogen (secondary N) is 2. The zero-order valence-electron chi connectivity index (χ0n) is 20.2. The Morgan fingerprint density at radius 1 is 1.17 bits per heavy atom. The lowest BCUT2D eigenvalue weighted by molar-refractivity contribution is 0.122. The maximum absolute atomic E-state index is 14.5. The molecule has 2 N–H and O–H groups in total. The topological polar surface area (TPSA) is 69.3 Å². The zero-order chi connectivity index (χ0) is 23.9. The van der Waals surface area contributed by atoms with E-state index in [-0.39, 0.29) is 5.82 Å². The van der Waals surface area contributed by atoms with Crippen LogP contribution in [-0.2, 0) is 11.3 Å². The first-order chi connectivity index (χ1) is 17.0. The predicted octanol–water partition coefficient (Wildman–Crippen LogP) is 4.25. The summed E-state index contributed by atoms with van der Waals surface area (Å²) >= 11 is 1.78. The molecule has 0 spiro atoms. The molecule has 0 unspecified atom stereocenters. The second-order valence-electron chi connectivity index (χ2n) is 9.83. The first kappa shape index (κ1) is 22.8. The molecule has 3 aromatic heterocycles. The van der Waals surface area contributed by atoms with Crippen molar-refractivity contribution in [2.75, 3.05) is 50.8 Å². The number of benzene rings is 1. The maximum Gasteiger partial charge on any atom is 0.163 e. The van der Waals surface area contributed by atoms with Gasteiger partial charge in [-0.25, -0.2) is 14.4 Å². The molecule has 0 aliphatic carbocycles. The highest BCUT2D eigenvalue weighted by Gasteiger charge is 2.24. The summed E-state index contributed by atoms with van der Waals surface area (Å²) in [6, 6.07) is 7.74. The van der Waals surface area contributed by atoms with Crippen molar-refractivity contribution in [1.82, 2.24) is 25.2 Å². The summed E-state index contributed by atoms with van der Waals surface area (Å²) in [7, 11) is 0. The highest BCUT2D eigenvalue weighted by atomic mass is 32.1. The SMILES string of the molecule is CC(C)[C@H]1CN(Cc2cc3nc(-c4cc(F)cc5[nH]ccc45)nc(N4CCOCC4)c3s2)CCN1. The van der Waals surface area contributed by atoms with Gasteiger partial charge in [-0.2, -0.15) is 0 Å².